The molecular weight excluding hydrogens is 249 g/mol. The van der Waals surface area contributed by atoms with Crippen LogP contribution in [0.25, 0.3) is 0 Å². The van der Waals surface area contributed by atoms with Gasteiger partial charge in [-0.3, -0.25) is 4.79 Å². The molecule has 104 valence electrons. The summed E-state index contributed by atoms with van der Waals surface area (Å²) in [5, 5.41) is 10.1. The highest BCUT2D eigenvalue weighted by molar-refractivity contribution is 5.78. The summed E-state index contributed by atoms with van der Waals surface area (Å²) in [4.78, 5) is 13.2. The molecule has 0 aromatic heterocycles. The fourth-order valence-electron chi connectivity index (χ4n) is 2.03. The average molecular weight is 267 g/mol. The smallest absolute Gasteiger partial charge is 0.222 e. The fourth-order valence-corrected chi connectivity index (χ4v) is 2.03. The molecule has 19 heavy (non-hydrogen) atoms. The van der Waals surface area contributed by atoms with Crippen LogP contribution >= 0.6 is 0 Å². The Bertz CT molecular complexity index is 460. The van der Waals surface area contributed by atoms with Gasteiger partial charge in [-0.15, -0.1) is 0 Å². The molecule has 1 saturated heterocycles. The highest BCUT2D eigenvalue weighted by Crippen LogP contribution is 2.29. The number of ether oxygens (including phenoxy) is 1. The first-order valence-corrected chi connectivity index (χ1v) is 6.41. The number of methoxy groups -OCH3 is 1. The summed E-state index contributed by atoms with van der Waals surface area (Å²) in [5.41, 5.74) is 0.432. The lowest BCUT2D eigenvalue weighted by Gasteiger charge is -2.14. The van der Waals surface area contributed by atoms with E-state index in [9.17, 15) is 14.3 Å². The lowest BCUT2D eigenvalue weighted by Crippen LogP contribution is -2.10. The average Bonchev–Trinajstić information content (AvgIpc) is 3.22. The monoisotopic (exact) mass is 267 g/mol. The zero-order valence-corrected chi connectivity index (χ0v) is 10.9. The summed E-state index contributed by atoms with van der Waals surface area (Å²) in [5.74, 6) is 0.180. The summed E-state index contributed by atoms with van der Waals surface area (Å²) >= 11 is 0. The number of aliphatic hydroxyl groups excluding tert-OH is 1. The number of hydrogen-bond acceptors (Lipinski definition) is 3. The molecule has 0 bridgehead atoms. The molecule has 0 aliphatic carbocycles. The number of carbonyl (C=O) groups is 1. The van der Waals surface area contributed by atoms with Gasteiger partial charge in [0.15, 0.2) is 0 Å². The minimum absolute atomic E-state index is 0.124. The van der Waals surface area contributed by atoms with Crippen molar-refractivity contribution in [1.82, 2.24) is 4.90 Å². The summed E-state index contributed by atoms with van der Waals surface area (Å²) < 4.78 is 18.3. The van der Waals surface area contributed by atoms with E-state index in [0.29, 0.717) is 30.6 Å². The molecule has 1 amide bonds. The van der Waals surface area contributed by atoms with Crippen molar-refractivity contribution in [3.63, 3.8) is 0 Å². The van der Waals surface area contributed by atoms with Gasteiger partial charge in [0.1, 0.15) is 11.6 Å². The van der Waals surface area contributed by atoms with Crippen LogP contribution in [0.1, 0.15) is 30.9 Å². The molecular formula is C14H18FNO3. The van der Waals surface area contributed by atoms with Gasteiger partial charge in [-0.2, -0.15) is 0 Å². The van der Waals surface area contributed by atoms with Crippen molar-refractivity contribution >= 4 is 5.91 Å². The third-order valence-corrected chi connectivity index (χ3v) is 3.22. The first kappa shape index (κ1) is 13.8. The first-order chi connectivity index (χ1) is 9.11. The molecule has 5 heteroatoms. The lowest BCUT2D eigenvalue weighted by molar-refractivity contribution is -0.125. The van der Waals surface area contributed by atoms with Crippen LogP contribution in [0.5, 0.6) is 5.75 Å². The number of aliphatic hydroxyl groups is 1. The summed E-state index contributed by atoms with van der Waals surface area (Å²) in [6.45, 7) is 1.69. The van der Waals surface area contributed by atoms with Crippen LogP contribution in [0.4, 0.5) is 4.39 Å². The van der Waals surface area contributed by atoms with Crippen molar-refractivity contribution < 1.29 is 19.0 Å². The van der Waals surface area contributed by atoms with E-state index in [-0.39, 0.29) is 5.91 Å². The molecule has 1 aliphatic heterocycles. The standard InChI is InChI=1S/C14H18FNO3/c1-19-13-6-5-10(15)9-11(13)12(17)3-2-4-14(18)16-7-8-16/h5-6,9,12,17H,2-4,7-8H2,1H3. The number of rotatable bonds is 6. The van der Waals surface area contributed by atoms with Gasteiger partial charge in [0.2, 0.25) is 5.91 Å². The van der Waals surface area contributed by atoms with Gasteiger partial charge in [0.25, 0.3) is 0 Å². The van der Waals surface area contributed by atoms with E-state index in [1.807, 2.05) is 0 Å². The van der Waals surface area contributed by atoms with Crippen LogP contribution in [0.2, 0.25) is 0 Å². The van der Waals surface area contributed by atoms with Gasteiger partial charge in [0, 0.05) is 25.1 Å². The maximum Gasteiger partial charge on any atom is 0.222 e. The Morgan fingerprint density at radius 1 is 1.53 bits per heavy atom. The molecule has 4 nitrogen and oxygen atoms in total. The number of nitrogens with zero attached hydrogens (tertiary/aromatic N) is 1. The van der Waals surface area contributed by atoms with E-state index in [2.05, 4.69) is 0 Å². The summed E-state index contributed by atoms with van der Waals surface area (Å²) in [6.07, 6.45) is 0.609. The third-order valence-electron chi connectivity index (χ3n) is 3.22. The SMILES string of the molecule is COc1ccc(F)cc1C(O)CCCC(=O)N1CC1. The topological polar surface area (TPSA) is 49.5 Å². The van der Waals surface area contributed by atoms with Crippen LogP contribution in [0, 0.1) is 5.82 Å². The van der Waals surface area contributed by atoms with Crippen molar-refractivity contribution in [2.75, 3.05) is 20.2 Å². The lowest BCUT2D eigenvalue weighted by atomic mass is 10.0. The molecule has 0 spiro atoms. The van der Waals surface area contributed by atoms with Gasteiger partial charge in [-0.25, -0.2) is 4.39 Å². The van der Waals surface area contributed by atoms with Crippen LogP contribution in [0.3, 0.4) is 0 Å². The van der Waals surface area contributed by atoms with Gasteiger partial charge >= 0.3 is 0 Å². The predicted molar refractivity (Wildman–Crippen MR) is 68.3 cm³/mol. The fraction of sp³-hybridized carbons (Fsp3) is 0.500. The van der Waals surface area contributed by atoms with Crippen LogP contribution in [-0.4, -0.2) is 36.1 Å². The van der Waals surface area contributed by atoms with Gasteiger partial charge < -0.3 is 14.7 Å². The molecule has 0 radical (unpaired) electrons. The van der Waals surface area contributed by atoms with E-state index in [0.717, 1.165) is 13.1 Å². The molecule has 1 N–H and O–H groups in total. The second-order valence-corrected chi connectivity index (χ2v) is 4.68. The van der Waals surface area contributed by atoms with Crippen molar-refractivity contribution in [2.24, 2.45) is 0 Å². The molecule has 1 aromatic carbocycles. The Morgan fingerprint density at radius 2 is 2.26 bits per heavy atom. The van der Waals surface area contributed by atoms with E-state index in [1.165, 1.54) is 25.3 Å². The Labute approximate surface area is 111 Å². The van der Waals surface area contributed by atoms with Gasteiger partial charge in [-0.1, -0.05) is 0 Å². The molecule has 2 rings (SSSR count). The van der Waals surface area contributed by atoms with E-state index in [1.54, 1.807) is 4.90 Å². The third kappa shape index (κ3) is 3.67. The molecule has 0 saturated carbocycles. The molecule has 1 atom stereocenters. The summed E-state index contributed by atoms with van der Waals surface area (Å²) in [6, 6.07) is 4.06. The van der Waals surface area contributed by atoms with E-state index in [4.69, 9.17) is 4.74 Å². The van der Waals surface area contributed by atoms with E-state index < -0.39 is 11.9 Å². The molecule has 1 fully saturated rings. The zero-order chi connectivity index (χ0) is 13.8. The van der Waals surface area contributed by atoms with Crippen LogP contribution < -0.4 is 4.74 Å². The van der Waals surface area contributed by atoms with Crippen molar-refractivity contribution in [2.45, 2.75) is 25.4 Å². The normalized spacial score (nSPS) is 15.2. The van der Waals surface area contributed by atoms with E-state index >= 15 is 0 Å². The number of amides is 1. The number of hydrogen-bond donors (Lipinski definition) is 1. The Morgan fingerprint density at radius 3 is 2.89 bits per heavy atom. The highest BCUT2D eigenvalue weighted by atomic mass is 19.1. The molecule has 1 aliphatic rings. The Kier molecular flexibility index (Phi) is 4.37. The molecule has 1 aromatic rings. The largest absolute Gasteiger partial charge is 0.496 e. The predicted octanol–water partition coefficient (Wildman–Crippen LogP) is 1.88. The minimum atomic E-state index is -0.812. The Balaban J connectivity index is 1.89. The van der Waals surface area contributed by atoms with Gasteiger partial charge in [-0.05, 0) is 31.0 Å². The first-order valence-electron chi connectivity index (χ1n) is 6.41. The number of benzene rings is 1. The minimum Gasteiger partial charge on any atom is -0.496 e. The highest BCUT2D eigenvalue weighted by Gasteiger charge is 2.23. The van der Waals surface area contributed by atoms with Crippen molar-refractivity contribution in [3.05, 3.63) is 29.6 Å². The quantitative estimate of drug-likeness (QED) is 0.801. The maximum absolute atomic E-state index is 13.2. The molecule has 1 heterocycles. The number of halogens is 1. The number of carbonyl (C=O) groups excluding carboxylic acids is 1. The summed E-state index contributed by atoms with van der Waals surface area (Å²) in [7, 11) is 1.48. The molecule has 1 unspecified atom stereocenters. The zero-order valence-electron chi connectivity index (χ0n) is 10.9. The van der Waals surface area contributed by atoms with Crippen LogP contribution in [-0.2, 0) is 4.79 Å². The van der Waals surface area contributed by atoms with Crippen molar-refractivity contribution in [3.8, 4) is 5.75 Å². The van der Waals surface area contributed by atoms with Crippen LogP contribution in [0.15, 0.2) is 18.2 Å². The van der Waals surface area contributed by atoms with Gasteiger partial charge in [0.05, 0.1) is 13.2 Å². The van der Waals surface area contributed by atoms with Crippen molar-refractivity contribution in [1.29, 1.82) is 0 Å². The Hall–Kier alpha value is -1.62. The second kappa shape index (κ2) is 6.02. The second-order valence-electron chi connectivity index (χ2n) is 4.68. The maximum atomic E-state index is 13.2.